The van der Waals surface area contributed by atoms with Crippen LogP contribution < -0.4 is 0 Å². The SMILES string of the molecule is CC(O)[C@H]1O[C@H](O)C(O)C1OC=O. The molecule has 0 radical (unpaired) electrons. The van der Waals surface area contributed by atoms with Gasteiger partial charge in [0, 0.05) is 0 Å². The lowest BCUT2D eigenvalue weighted by Crippen LogP contribution is -2.39. The van der Waals surface area contributed by atoms with Crippen LogP contribution in [-0.4, -0.2) is 52.5 Å². The molecular formula is C7H12O6. The molecule has 6 nitrogen and oxygen atoms in total. The highest BCUT2D eigenvalue weighted by molar-refractivity contribution is 5.38. The highest BCUT2D eigenvalue weighted by Gasteiger charge is 2.46. The van der Waals surface area contributed by atoms with E-state index in [4.69, 9.17) is 14.9 Å². The van der Waals surface area contributed by atoms with E-state index in [9.17, 15) is 9.90 Å². The average Bonchev–Trinajstić information content (AvgIpc) is 2.33. The maximum Gasteiger partial charge on any atom is 0.293 e. The second-order valence-corrected chi connectivity index (χ2v) is 2.92. The van der Waals surface area contributed by atoms with Crippen molar-refractivity contribution in [1.82, 2.24) is 0 Å². The molecule has 1 aliphatic heterocycles. The van der Waals surface area contributed by atoms with Crippen molar-refractivity contribution in [1.29, 1.82) is 0 Å². The van der Waals surface area contributed by atoms with Gasteiger partial charge in [-0.15, -0.1) is 0 Å². The smallest absolute Gasteiger partial charge is 0.293 e. The summed E-state index contributed by atoms with van der Waals surface area (Å²) in [6, 6.07) is 0. The van der Waals surface area contributed by atoms with Gasteiger partial charge >= 0.3 is 0 Å². The van der Waals surface area contributed by atoms with E-state index in [0.717, 1.165) is 0 Å². The van der Waals surface area contributed by atoms with Crippen LogP contribution in [0.3, 0.4) is 0 Å². The summed E-state index contributed by atoms with van der Waals surface area (Å²) >= 11 is 0. The van der Waals surface area contributed by atoms with Gasteiger partial charge in [0.05, 0.1) is 6.10 Å². The fourth-order valence-corrected chi connectivity index (χ4v) is 1.29. The molecule has 0 saturated carbocycles. The summed E-state index contributed by atoms with van der Waals surface area (Å²) in [7, 11) is 0. The molecule has 3 unspecified atom stereocenters. The number of aliphatic hydroxyl groups is 3. The molecule has 0 aromatic carbocycles. The molecule has 3 N–H and O–H groups in total. The first-order chi connectivity index (χ1) is 6.07. The van der Waals surface area contributed by atoms with Crippen molar-refractivity contribution in [2.24, 2.45) is 0 Å². The number of aliphatic hydroxyl groups excluding tert-OH is 3. The molecule has 0 aromatic heterocycles. The van der Waals surface area contributed by atoms with Crippen molar-refractivity contribution in [2.75, 3.05) is 0 Å². The van der Waals surface area contributed by atoms with Gasteiger partial charge in [0.2, 0.25) is 0 Å². The molecule has 0 aliphatic carbocycles. The first-order valence-electron chi connectivity index (χ1n) is 3.86. The van der Waals surface area contributed by atoms with Crippen LogP contribution in [-0.2, 0) is 14.3 Å². The van der Waals surface area contributed by atoms with Crippen LogP contribution in [0.5, 0.6) is 0 Å². The Labute approximate surface area is 74.7 Å². The fourth-order valence-electron chi connectivity index (χ4n) is 1.29. The van der Waals surface area contributed by atoms with Crippen molar-refractivity contribution in [3.05, 3.63) is 0 Å². The minimum atomic E-state index is -1.43. The van der Waals surface area contributed by atoms with Gasteiger partial charge in [-0.1, -0.05) is 0 Å². The van der Waals surface area contributed by atoms with E-state index in [-0.39, 0.29) is 6.47 Å². The zero-order valence-electron chi connectivity index (χ0n) is 7.03. The Balaban J connectivity index is 2.68. The summed E-state index contributed by atoms with van der Waals surface area (Å²) in [6.07, 6.45) is -5.59. The van der Waals surface area contributed by atoms with Crippen LogP contribution in [0, 0.1) is 0 Å². The van der Waals surface area contributed by atoms with E-state index in [2.05, 4.69) is 4.74 Å². The van der Waals surface area contributed by atoms with E-state index in [1.54, 1.807) is 0 Å². The van der Waals surface area contributed by atoms with Crippen LogP contribution in [0.1, 0.15) is 6.92 Å². The molecule has 1 rings (SSSR count). The topological polar surface area (TPSA) is 96.2 Å². The van der Waals surface area contributed by atoms with Crippen LogP contribution in [0.2, 0.25) is 0 Å². The van der Waals surface area contributed by atoms with Crippen molar-refractivity contribution in [2.45, 2.75) is 37.6 Å². The summed E-state index contributed by atoms with van der Waals surface area (Å²) in [6.45, 7) is 1.56. The van der Waals surface area contributed by atoms with Gasteiger partial charge in [0.25, 0.3) is 6.47 Å². The normalized spacial score (nSPS) is 41.5. The van der Waals surface area contributed by atoms with Gasteiger partial charge in [-0.3, -0.25) is 4.79 Å². The quantitative estimate of drug-likeness (QED) is 0.447. The summed E-state index contributed by atoms with van der Waals surface area (Å²) in [5.41, 5.74) is 0. The molecule has 6 heteroatoms. The maximum atomic E-state index is 10.0. The monoisotopic (exact) mass is 192 g/mol. The zero-order valence-corrected chi connectivity index (χ0v) is 7.03. The minimum absolute atomic E-state index is 0.144. The lowest BCUT2D eigenvalue weighted by atomic mass is 10.1. The van der Waals surface area contributed by atoms with Crippen molar-refractivity contribution in [3.8, 4) is 0 Å². The van der Waals surface area contributed by atoms with Crippen LogP contribution in [0.4, 0.5) is 0 Å². The molecule has 1 saturated heterocycles. The van der Waals surface area contributed by atoms with Crippen LogP contribution in [0.15, 0.2) is 0 Å². The van der Waals surface area contributed by atoms with Crippen LogP contribution >= 0.6 is 0 Å². The summed E-state index contributed by atoms with van der Waals surface area (Å²) in [5, 5.41) is 27.4. The second kappa shape index (κ2) is 4.01. The van der Waals surface area contributed by atoms with Gasteiger partial charge in [-0.05, 0) is 6.92 Å². The Morgan fingerprint density at radius 3 is 2.62 bits per heavy atom. The fraction of sp³-hybridized carbons (Fsp3) is 0.857. The standard InChI is InChI=1S/C7H12O6/c1-3(9)5-6(12-2-8)4(10)7(11)13-5/h2-7,9-11H,1H3/t3?,4?,5-,6?,7+/m1/s1. The molecule has 1 aliphatic rings. The van der Waals surface area contributed by atoms with Crippen molar-refractivity contribution >= 4 is 6.47 Å². The lowest BCUT2D eigenvalue weighted by molar-refractivity contribution is -0.146. The Morgan fingerprint density at radius 1 is 1.54 bits per heavy atom. The highest BCUT2D eigenvalue weighted by atomic mass is 16.7. The van der Waals surface area contributed by atoms with E-state index in [1.165, 1.54) is 6.92 Å². The molecule has 13 heavy (non-hydrogen) atoms. The Morgan fingerprint density at radius 2 is 2.15 bits per heavy atom. The molecule has 0 spiro atoms. The maximum absolute atomic E-state index is 10.0. The first-order valence-corrected chi connectivity index (χ1v) is 3.86. The Hall–Kier alpha value is -0.690. The molecule has 76 valence electrons. The van der Waals surface area contributed by atoms with Gasteiger partial charge < -0.3 is 24.8 Å². The number of carbonyl (C=O) groups excluding carboxylic acids is 1. The summed E-state index contributed by atoms with van der Waals surface area (Å²) in [5.74, 6) is 0. The number of ether oxygens (including phenoxy) is 2. The number of hydrogen-bond acceptors (Lipinski definition) is 6. The van der Waals surface area contributed by atoms with E-state index in [1.807, 2.05) is 0 Å². The molecule has 5 atom stereocenters. The van der Waals surface area contributed by atoms with E-state index < -0.39 is 30.7 Å². The molecule has 0 amide bonds. The third-order valence-corrected chi connectivity index (χ3v) is 1.94. The summed E-state index contributed by atoms with van der Waals surface area (Å²) < 4.78 is 9.26. The van der Waals surface area contributed by atoms with E-state index in [0.29, 0.717) is 0 Å². The van der Waals surface area contributed by atoms with Gasteiger partial charge in [-0.25, -0.2) is 0 Å². The average molecular weight is 192 g/mol. The van der Waals surface area contributed by atoms with E-state index >= 15 is 0 Å². The predicted molar refractivity (Wildman–Crippen MR) is 39.5 cm³/mol. The number of carbonyl (C=O) groups is 1. The molecule has 1 heterocycles. The second-order valence-electron chi connectivity index (χ2n) is 2.92. The third kappa shape index (κ3) is 1.97. The Bertz CT molecular complexity index is 182. The predicted octanol–water partition coefficient (Wildman–Crippen LogP) is -2.01. The molecule has 0 aromatic rings. The number of rotatable bonds is 3. The minimum Gasteiger partial charge on any atom is -0.459 e. The Kier molecular flexibility index (Phi) is 3.21. The lowest BCUT2D eigenvalue weighted by Gasteiger charge is -2.19. The molecular weight excluding hydrogens is 180 g/mol. The first kappa shape index (κ1) is 10.4. The van der Waals surface area contributed by atoms with Gasteiger partial charge in [0.1, 0.15) is 12.2 Å². The van der Waals surface area contributed by atoms with Crippen molar-refractivity contribution in [3.63, 3.8) is 0 Å². The largest absolute Gasteiger partial charge is 0.459 e. The van der Waals surface area contributed by atoms with Gasteiger partial charge in [-0.2, -0.15) is 0 Å². The van der Waals surface area contributed by atoms with Crippen molar-refractivity contribution < 1.29 is 29.6 Å². The molecule has 0 bridgehead atoms. The summed E-state index contributed by atoms with van der Waals surface area (Å²) in [4.78, 5) is 10.0. The van der Waals surface area contributed by atoms with Crippen LogP contribution in [0.25, 0.3) is 0 Å². The molecule has 1 fully saturated rings. The van der Waals surface area contributed by atoms with Gasteiger partial charge in [0.15, 0.2) is 12.4 Å². The third-order valence-electron chi connectivity index (χ3n) is 1.94. The zero-order chi connectivity index (χ0) is 10.0. The highest BCUT2D eigenvalue weighted by Crippen LogP contribution is 2.24. The number of hydrogen-bond donors (Lipinski definition) is 3.